The van der Waals surface area contributed by atoms with Crippen molar-refractivity contribution in [3.05, 3.63) is 35.9 Å². The van der Waals surface area contributed by atoms with Gasteiger partial charge in [0, 0.05) is 25.8 Å². The number of carbonyl (C=O) groups excluding carboxylic acids is 4. The van der Waals surface area contributed by atoms with Crippen LogP contribution < -0.4 is 10.6 Å². The number of carbonyl (C=O) groups is 5. The average molecular weight is 493 g/mol. The van der Waals surface area contributed by atoms with Crippen LogP contribution in [0.15, 0.2) is 30.3 Å². The molecule has 10 nitrogen and oxygen atoms in total. The van der Waals surface area contributed by atoms with Crippen molar-refractivity contribution in [2.24, 2.45) is 5.92 Å². The second-order valence-electron chi connectivity index (χ2n) is 8.43. The molecule has 0 aliphatic carbocycles. The Morgan fingerprint density at radius 3 is 2.35 bits per heavy atom. The van der Waals surface area contributed by atoms with Gasteiger partial charge >= 0.3 is 12.0 Å². The summed E-state index contributed by atoms with van der Waals surface area (Å²) in [7, 11) is 1.62. The van der Waals surface area contributed by atoms with Crippen LogP contribution in [0, 0.1) is 5.92 Å². The van der Waals surface area contributed by atoms with Crippen molar-refractivity contribution in [2.75, 3.05) is 25.2 Å². The van der Waals surface area contributed by atoms with Crippen LogP contribution in [-0.4, -0.2) is 87.9 Å². The summed E-state index contributed by atoms with van der Waals surface area (Å²) in [6, 6.07) is 5.38. The molecule has 1 aliphatic rings. The van der Waals surface area contributed by atoms with E-state index in [1.54, 1.807) is 51.2 Å². The summed E-state index contributed by atoms with van der Waals surface area (Å²) in [4.78, 5) is 65.2. The van der Waals surface area contributed by atoms with Crippen molar-refractivity contribution < 1.29 is 29.1 Å². The zero-order valence-electron chi connectivity index (χ0n) is 19.8. The Labute approximate surface area is 203 Å². The molecule has 1 heterocycles. The van der Waals surface area contributed by atoms with E-state index in [1.165, 1.54) is 21.6 Å². The molecule has 34 heavy (non-hydrogen) atoms. The molecule has 2 rings (SSSR count). The third-order valence-electron chi connectivity index (χ3n) is 5.63. The molecule has 0 bridgehead atoms. The lowest BCUT2D eigenvalue weighted by atomic mass is 10.0. The second-order valence-corrected chi connectivity index (χ2v) is 9.43. The lowest BCUT2D eigenvalue weighted by Crippen LogP contribution is -2.58. The van der Waals surface area contributed by atoms with Gasteiger partial charge in [0.1, 0.15) is 18.1 Å². The van der Waals surface area contributed by atoms with Crippen LogP contribution in [0.1, 0.15) is 26.3 Å². The minimum absolute atomic E-state index is 0.0134. The van der Waals surface area contributed by atoms with E-state index in [1.807, 2.05) is 6.92 Å². The van der Waals surface area contributed by atoms with E-state index >= 15 is 0 Å². The maximum Gasteiger partial charge on any atom is 0.374 e. The molecule has 1 fully saturated rings. The van der Waals surface area contributed by atoms with Crippen molar-refractivity contribution in [3.8, 4) is 0 Å². The zero-order valence-corrected chi connectivity index (χ0v) is 20.6. The van der Waals surface area contributed by atoms with Crippen molar-refractivity contribution in [3.63, 3.8) is 0 Å². The van der Waals surface area contributed by atoms with Crippen molar-refractivity contribution in [1.29, 1.82) is 0 Å². The number of thioether (sulfide) groups is 1. The lowest BCUT2D eigenvalue weighted by molar-refractivity contribution is -0.150. The van der Waals surface area contributed by atoms with E-state index in [-0.39, 0.29) is 18.2 Å². The van der Waals surface area contributed by atoms with Gasteiger partial charge in [0.15, 0.2) is 0 Å². The maximum atomic E-state index is 13.3. The Morgan fingerprint density at radius 1 is 1.15 bits per heavy atom. The Kier molecular flexibility index (Phi) is 9.91. The van der Waals surface area contributed by atoms with E-state index in [0.29, 0.717) is 17.9 Å². The standard InChI is InChI=1S/C23H32N4O6S/c1-5-26(4)23(33)25-18(14(2)3)21(30)27-13-34-12-17(27)20(29)24-16(19(28)22(31)32)11-15-9-7-6-8-10-15/h6-10,14,16-18H,5,11-13H2,1-4H3,(H,24,29)(H,25,33)(H,31,32)/t16-,17-,18-/m0/s1. The van der Waals surface area contributed by atoms with Crippen LogP contribution in [-0.2, 0) is 25.6 Å². The topological polar surface area (TPSA) is 136 Å². The van der Waals surface area contributed by atoms with Gasteiger partial charge in [0.2, 0.25) is 11.8 Å². The number of carboxylic acids is 1. The lowest BCUT2D eigenvalue weighted by Gasteiger charge is -2.31. The predicted molar refractivity (Wildman–Crippen MR) is 128 cm³/mol. The number of nitrogens with one attached hydrogen (secondary N) is 2. The summed E-state index contributed by atoms with van der Waals surface area (Å²) >= 11 is 1.37. The molecule has 0 saturated carbocycles. The first-order valence-corrected chi connectivity index (χ1v) is 12.2. The highest BCUT2D eigenvalue weighted by atomic mass is 32.2. The van der Waals surface area contributed by atoms with Gasteiger partial charge in [-0.05, 0) is 18.4 Å². The molecule has 1 aliphatic heterocycles. The largest absolute Gasteiger partial charge is 0.475 e. The first-order valence-electron chi connectivity index (χ1n) is 11.1. The van der Waals surface area contributed by atoms with Gasteiger partial charge in [-0.2, -0.15) is 0 Å². The fourth-order valence-electron chi connectivity index (χ4n) is 3.43. The molecule has 3 N–H and O–H groups in total. The molecule has 186 valence electrons. The summed E-state index contributed by atoms with van der Waals surface area (Å²) in [6.07, 6.45) is 0.0134. The van der Waals surface area contributed by atoms with E-state index in [9.17, 15) is 29.1 Å². The van der Waals surface area contributed by atoms with Crippen LogP contribution in [0.4, 0.5) is 4.79 Å². The number of aliphatic carboxylic acids is 1. The number of ketones is 1. The minimum atomic E-state index is -1.64. The molecule has 1 aromatic carbocycles. The first kappa shape index (κ1) is 27.2. The van der Waals surface area contributed by atoms with Crippen LogP contribution in [0.5, 0.6) is 0 Å². The number of hydrogen-bond acceptors (Lipinski definition) is 6. The van der Waals surface area contributed by atoms with Crippen molar-refractivity contribution in [1.82, 2.24) is 20.4 Å². The van der Waals surface area contributed by atoms with Crippen LogP contribution in [0.25, 0.3) is 0 Å². The number of benzene rings is 1. The highest BCUT2D eigenvalue weighted by Crippen LogP contribution is 2.24. The predicted octanol–water partition coefficient (Wildman–Crippen LogP) is 0.955. The highest BCUT2D eigenvalue weighted by Gasteiger charge is 2.40. The zero-order chi connectivity index (χ0) is 25.4. The normalized spacial score (nSPS) is 17.1. The SMILES string of the molecule is CCN(C)C(=O)N[C@H](C(=O)N1CSC[C@H]1C(=O)N[C@@H](Cc1ccccc1)C(=O)C(=O)O)C(C)C. The van der Waals surface area contributed by atoms with E-state index in [4.69, 9.17) is 0 Å². The minimum Gasteiger partial charge on any atom is -0.475 e. The monoisotopic (exact) mass is 492 g/mol. The maximum absolute atomic E-state index is 13.3. The average Bonchev–Trinajstić information content (AvgIpc) is 3.31. The van der Waals surface area contributed by atoms with E-state index in [2.05, 4.69) is 10.6 Å². The molecule has 4 amide bonds. The van der Waals surface area contributed by atoms with E-state index in [0.717, 1.165) is 0 Å². The molecular formula is C23H32N4O6S. The number of hydrogen-bond donors (Lipinski definition) is 3. The number of urea groups is 1. The fourth-order valence-corrected chi connectivity index (χ4v) is 4.60. The molecule has 1 saturated heterocycles. The van der Waals surface area contributed by atoms with Gasteiger partial charge < -0.3 is 25.5 Å². The molecule has 11 heteroatoms. The highest BCUT2D eigenvalue weighted by molar-refractivity contribution is 7.99. The van der Waals surface area contributed by atoms with Gasteiger partial charge in [-0.25, -0.2) is 9.59 Å². The first-order chi connectivity index (χ1) is 16.1. The quantitative estimate of drug-likeness (QED) is 0.414. The van der Waals surface area contributed by atoms with Crippen LogP contribution in [0.2, 0.25) is 0 Å². The Bertz CT molecular complexity index is 910. The Morgan fingerprint density at radius 2 is 1.79 bits per heavy atom. The summed E-state index contributed by atoms with van der Waals surface area (Å²) in [5.74, 6) is -3.46. The number of Topliss-reactive ketones (excluding diaryl/α,β-unsaturated/α-hetero) is 1. The molecule has 0 spiro atoms. The second kappa shape index (κ2) is 12.4. The molecule has 3 atom stereocenters. The Balaban J connectivity index is 2.17. The molecule has 0 aromatic heterocycles. The van der Waals surface area contributed by atoms with Crippen LogP contribution >= 0.6 is 11.8 Å². The summed E-state index contributed by atoms with van der Waals surface area (Å²) < 4.78 is 0. The smallest absolute Gasteiger partial charge is 0.374 e. The number of nitrogens with zero attached hydrogens (tertiary/aromatic N) is 2. The van der Waals surface area contributed by atoms with Crippen LogP contribution in [0.3, 0.4) is 0 Å². The van der Waals surface area contributed by atoms with E-state index < -0.39 is 47.7 Å². The fraction of sp³-hybridized carbons (Fsp3) is 0.522. The molecule has 0 unspecified atom stereocenters. The number of carboxylic acid groups (broad SMARTS) is 1. The van der Waals surface area contributed by atoms with Gasteiger partial charge in [-0.3, -0.25) is 14.4 Å². The van der Waals surface area contributed by atoms with Crippen molar-refractivity contribution >= 4 is 41.4 Å². The molecule has 0 radical (unpaired) electrons. The van der Waals surface area contributed by atoms with Gasteiger partial charge in [-0.1, -0.05) is 44.2 Å². The number of rotatable bonds is 10. The molecule has 1 aromatic rings. The third kappa shape index (κ3) is 6.96. The van der Waals surface area contributed by atoms with Gasteiger partial charge in [-0.15, -0.1) is 11.8 Å². The summed E-state index contributed by atoms with van der Waals surface area (Å²) in [5.41, 5.74) is 0.693. The van der Waals surface area contributed by atoms with Gasteiger partial charge in [0.05, 0.1) is 5.88 Å². The number of amides is 4. The third-order valence-corrected chi connectivity index (χ3v) is 6.64. The summed E-state index contributed by atoms with van der Waals surface area (Å²) in [5, 5.41) is 14.5. The van der Waals surface area contributed by atoms with Crippen molar-refractivity contribution in [2.45, 2.75) is 45.3 Å². The Hall–Kier alpha value is -3.08. The summed E-state index contributed by atoms with van der Waals surface area (Å²) in [6.45, 7) is 5.88. The van der Waals surface area contributed by atoms with Gasteiger partial charge in [0.25, 0.3) is 5.78 Å². The molecular weight excluding hydrogens is 460 g/mol.